The third-order valence-electron chi connectivity index (χ3n) is 3.41. The van der Waals surface area contributed by atoms with Crippen LogP contribution in [-0.2, 0) is 13.0 Å². The number of nitrogen functional groups attached to an aromatic ring is 1. The van der Waals surface area contributed by atoms with E-state index >= 15 is 0 Å². The Kier molecular flexibility index (Phi) is 4.74. The Labute approximate surface area is 146 Å². The number of aliphatic hydroxyl groups is 2. The van der Waals surface area contributed by atoms with Crippen LogP contribution in [0.25, 0.3) is 11.2 Å². The molecule has 0 aliphatic carbocycles. The van der Waals surface area contributed by atoms with Gasteiger partial charge in [0.1, 0.15) is 11.3 Å². The smallest absolute Gasteiger partial charge is 0.165 e. The predicted octanol–water partition coefficient (Wildman–Crippen LogP) is 0.957. The largest absolute Gasteiger partial charge is 0.394 e. The molecule has 0 saturated carbocycles. The molecule has 0 fully saturated rings. The van der Waals surface area contributed by atoms with Gasteiger partial charge in [0, 0.05) is 9.99 Å². The molecule has 120 valence electrons. The first-order valence-corrected chi connectivity index (χ1v) is 8.15. The second kappa shape index (κ2) is 6.77. The Morgan fingerprint density at radius 2 is 2.13 bits per heavy atom. The van der Waals surface area contributed by atoms with Crippen molar-refractivity contribution in [2.24, 2.45) is 0 Å². The van der Waals surface area contributed by atoms with Crippen molar-refractivity contribution in [1.29, 1.82) is 0 Å². The standard InChI is InChI=1S/C15H16IN5O2/c16-10-3-1-2-9(4-10)5-12-19-14(17)13-15(20-12)21(8-18-13)6-11(23)7-22/h1-4,8,11,22-23H,5-7H2,(H2,17,19,20). The van der Waals surface area contributed by atoms with Crippen molar-refractivity contribution in [2.75, 3.05) is 12.3 Å². The number of hydrogen-bond acceptors (Lipinski definition) is 6. The number of aromatic nitrogens is 4. The van der Waals surface area contributed by atoms with Crippen LogP contribution in [0.5, 0.6) is 0 Å². The van der Waals surface area contributed by atoms with E-state index in [2.05, 4.69) is 43.6 Å². The van der Waals surface area contributed by atoms with Crippen molar-refractivity contribution in [3.8, 4) is 0 Å². The van der Waals surface area contributed by atoms with E-state index in [4.69, 9.17) is 10.8 Å². The lowest BCUT2D eigenvalue weighted by Gasteiger charge is -2.09. The lowest BCUT2D eigenvalue weighted by atomic mass is 10.1. The molecule has 3 rings (SSSR count). The highest BCUT2D eigenvalue weighted by Gasteiger charge is 2.14. The molecule has 0 bridgehead atoms. The van der Waals surface area contributed by atoms with E-state index in [9.17, 15) is 5.11 Å². The van der Waals surface area contributed by atoms with Crippen molar-refractivity contribution in [1.82, 2.24) is 19.5 Å². The van der Waals surface area contributed by atoms with Gasteiger partial charge in [0.05, 0.1) is 25.6 Å². The number of aliphatic hydroxyl groups excluding tert-OH is 2. The fourth-order valence-electron chi connectivity index (χ4n) is 2.34. The molecule has 0 radical (unpaired) electrons. The lowest BCUT2D eigenvalue weighted by Crippen LogP contribution is -2.19. The van der Waals surface area contributed by atoms with Crippen molar-refractivity contribution in [3.05, 3.63) is 45.6 Å². The van der Waals surface area contributed by atoms with E-state index in [1.54, 1.807) is 10.9 Å². The maximum Gasteiger partial charge on any atom is 0.165 e. The van der Waals surface area contributed by atoms with E-state index < -0.39 is 6.10 Å². The zero-order valence-electron chi connectivity index (χ0n) is 12.2. The summed E-state index contributed by atoms with van der Waals surface area (Å²) in [4.78, 5) is 13.0. The molecule has 0 amide bonds. The Hall–Kier alpha value is -1.78. The van der Waals surface area contributed by atoms with E-state index in [1.165, 1.54) is 0 Å². The minimum Gasteiger partial charge on any atom is -0.394 e. The average molecular weight is 425 g/mol. The molecule has 0 aliphatic heterocycles. The van der Waals surface area contributed by atoms with Gasteiger partial charge in [-0.2, -0.15) is 0 Å². The van der Waals surface area contributed by atoms with Gasteiger partial charge in [-0.15, -0.1) is 0 Å². The third kappa shape index (κ3) is 3.59. The van der Waals surface area contributed by atoms with Crippen LogP contribution in [-0.4, -0.2) is 42.4 Å². The normalized spacial score (nSPS) is 12.7. The van der Waals surface area contributed by atoms with Crippen LogP contribution in [0.1, 0.15) is 11.4 Å². The molecule has 2 heterocycles. The maximum absolute atomic E-state index is 9.62. The number of anilines is 1. The van der Waals surface area contributed by atoms with Gasteiger partial charge in [0.15, 0.2) is 11.5 Å². The number of nitrogens with zero attached hydrogens (tertiary/aromatic N) is 4. The first-order chi connectivity index (χ1) is 11.1. The van der Waals surface area contributed by atoms with Crippen molar-refractivity contribution >= 4 is 39.6 Å². The highest BCUT2D eigenvalue weighted by molar-refractivity contribution is 14.1. The molecule has 0 saturated heterocycles. The summed E-state index contributed by atoms with van der Waals surface area (Å²) in [5.41, 5.74) is 8.13. The quantitative estimate of drug-likeness (QED) is 0.526. The number of benzene rings is 1. The van der Waals surface area contributed by atoms with Crippen molar-refractivity contribution < 1.29 is 10.2 Å². The number of nitrogens with two attached hydrogens (primary N) is 1. The SMILES string of the molecule is Nc1nc(Cc2cccc(I)c2)nc2c1ncn2CC(O)CO. The number of rotatable bonds is 5. The Morgan fingerprint density at radius 3 is 2.87 bits per heavy atom. The molecule has 8 heteroatoms. The van der Waals surface area contributed by atoms with Crippen LogP contribution < -0.4 is 5.73 Å². The average Bonchev–Trinajstić information content (AvgIpc) is 2.91. The fraction of sp³-hybridized carbons (Fsp3) is 0.267. The second-order valence-electron chi connectivity index (χ2n) is 5.24. The minimum atomic E-state index is -0.872. The van der Waals surface area contributed by atoms with Crippen LogP contribution >= 0.6 is 22.6 Å². The van der Waals surface area contributed by atoms with Gasteiger partial charge in [-0.05, 0) is 40.3 Å². The van der Waals surface area contributed by atoms with Crippen LogP contribution in [0, 0.1) is 3.57 Å². The van der Waals surface area contributed by atoms with Gasteiger partial charge < -0.3 is 20.5 Å². The maximum atomic E-state index is 9.62. The highest BCUT2D eigenvalue weighted by Crippen LogP contribution is 2.18. The topological polar surface area (TPSA) is 110 Å². The number of fused-ring (bicyclic) bond motifs is 1. The Balaban J connectivity index is 1.97. The van der Waals surface area contributed by atoms with Crippen LogP contribution in [0.15, 0.2) is 30.6 Å². The summed E-state index contributed by atoms with van der Waals surface area (Å²) >= 11 is 2.26. The summed E-state index contributed by atoms with van der Waals surface area (Å²) in [5, 5.41) is 18.6. The molecule has 1 unspecified atom stereocenters. The minimum absolute atomic E-state index is 0.201. The zero-order valence-corrected chi connectivity index (χ0v) is 14.4. The summed E-state index contributed by atoms with van der Waals surface area (Å²) in [6, 6.07) is 8.09. The van der Waals surface area contributed by atoms with Gasteiger partial charge in [-0.1, -0.05) is 12.1 Å². The molecule has 7 nitrogen and oxygen atoms in total. The van der Waals surface area contributed by atoms with E-state index in [1.807, 2.05) is 18.2 Å². The van der Waals surface area contributed by atoms with Gasteiger partial charge >= 0.3 is 0 Å². The van der Waals surface area contributed by atoms with Crippen molar-refractivity contribution in [3.63, 3.8) is 0 Å². The van der Waals surface area contributed by atoms with E-state index in [0.29, 0.717) is 29.2 Å². The molecule has 1 aromatic carbocycles. The summed E-state index contributed by atoms with van der Waals surface area (Å²) in [6.45, 7) is -0.123. The molecular formula is C15H16IN5O2. The number of imidazole rings is 1. The summed E-state index contributed by atoms with van der Waals surface area (Å²) in [7, 11) is 0. The van der Waals surface area contributed by atoms with Crippen LogP contribution in [0.4, 0.5) is 5.82 Å². The molecule has 3 aromatic rings. The fourth-order valence-corrected chi connectivity index (χ4v) is 2.95. The van der Waals surface area contributed by atoms with E-state index in [-0.39, 0.29) is 13.2 Å². The molecule has 0 aliphatic rings. The van der Waals surface area contributed by atoms with Gasteiger partial charge in [0.2, 0.25) is 0 Å². The highest BCUT2D eigenvalue weighted by atomic mass is 127. The van der Waals surface area contributed by atoms with Crippen molar-refractivity contribution in [2.45, 2.75) is 19.1 Å². The van der Waals surface area contributed by atoms with Crippen LogP contribution in [0.3, 0.4) is 0 Å². The van der Waals surface area contributed by atoms with Gasteiger partial charge in [-0.25, -0.2) is 15.0 Å². The first-order valence-electron chi connectivity index (χ1n) is 7.07. The van der Waals surface area contributed by atoms with Crippen LogP contribution in [0.2, 0.25) is 0 Å². The molecule has 4 N–H and O–H groups in total. The predicted molar refractivity (Wildman–Crippen MR) is 94.8 cm³/mol. The summed E-state index contributed by atoms with van der Waals surface area (Å²) in [5.74, 6) is 0.908. The molecule has 1 atom stereocenters. The molecular weight excluding hydrogens is 409 g/mol. The Morgan fingerprint density at radius 1 is 1.30 bits per heavy atom. The zero-order chi connectivity index (χ0) is 16.4. The summed E-state index contributed by atoms with van der Waals surface area (Å²) < 4.78 is 2.82. The molecule has 2 aromatic heterocycles. The second-order valence-corrected chi connectivity index (χ2v) is 6.48. The molecule has 0 spiro atoms. The van der Waals surface area contributed by atoms with E-state index in [0.717, 1.165) is 9.13 Å². The lowest BCUT2D eigenvalue weighted by molar-refractivity contribution is 0.0819. The monoisotopic (exact) mass is 425 g/mol. The Bertz CT molecular complexity index is 836. The number of hydrogen-bond donors (Lipinski definition) is 3. The van der Waals surface area contributed by atoms with Gasteiger partial charge in [-0.3, -0.25) is 0 Å². The molecule has 23 heavy (non-hydrogen) atoms. The summed E-state index contributed by atoms with van der Waals surface area (Å²) in [6.07, 6.45) is 1.23. The van der Waals surface area contributed by atoms with Gasteiger partial charge in [0.25, 0.3) is 0 Å². The third-order valence-corrected chi connectivity index (χ3v) is 4.08. The number of halogens is 1. The first kappa shape index (κ1) is 16.1.